The van der Waals surface area contributed by atoms with E-state index in [1.54, 1.807) is 0 Å². The van der Waals surface area contributed by atoms with Gasteiger partial charge in [-0.2, -0.15) is 0 Å². The van der Waals surface area contributed by atoms with Crippen molar-refractivity contribution in [3.8, 4) is 0 Å². The SMILES string of the molecule is CO[SiH](C)CC(C)C. The molecule has 2 heteroatoms. The van der Waals surface area contributed by atoms with Crippen molar-refractivity contribution in [1.29, 1.82) is 0 Å². The first-order valence-electron chi connectivity index (χ1n) is 3.19. The summed E-state index contributed by atoms with van der Waals surface area (Å²) in [6.45, 7) is 6.71. The first kappa shape index (κ1) is 8.18. The number of hydrogen-bond acceptors (Lipinski definition) is 1. The lowest BCUT2D eigenvalue weighted by Crippen LogP contribution is -2.12. The molecule has 0 spiro atoms. The van der Waals surface area contributed by atoms with Crippen molar-refractivity contribution in [2.75, 3.05) is 7.11 Å². The Kier molecular flexibility index (Phi) is 4.19. The largest absolute Gasteiger partial charge is 0.423 e. The van der Waals surface area contributed by atoms with E-state index in [-0.39, 0.29) is 0 Å². The first-order chi connectivity index (χ1) is 3.66. The summed E-state index contributed by atoms with van der Waals surface area (Å²) in [5.74, 6) is 0.816. The van der Waals surface area contributed by atoms with Crippen molar-refractivity contribution in [1.82, 2.24) is 0 Å². The molecule has 50 valence electrons. The molecular weight excluding hydrogens is 116 g/mol. The zero-order valence-corrected chi connectivity index (χ0v) is 7.42. The highest BCUT2D eigenvalue weighted by molar-refractivity contribution is 6.50. The molecule has 0 radical (unpaired) electrons. The summed E-state index contributed by atoms with van der Waals surface area (Å²) < 4.78 is 5.20. The Hall–Kier alpha value is 0.177. The molecule has 1 nitrogen and oxygen atoms in total. The fourth-order valence-corrected chi connectivity index (χ4v) is 2.28. The molecule has 0 aromatic carbocycles. The maximum atomic E-state index is 5.20. The second kappa shape index (κ2) is 4.10. The third kappa shape index (κ3) is 4.34. The molecule has 0 rings (SSSR count). The van der Waals surface area contributed by atoms with Gasteiger partial charge in [0.15, 0.2) is 9.04 Å². The van der Waals surface area contributed by atoms with Crippen LogP contribution in [0.25, 0.3) is 0 Å². The number of hydrogen-bond donors (Lipinski definition) is 0. The Morgan fingerprint density at radius 3 is 2.12 bits per heavy atom. The lowest BCUT2D eigenvalue weighted by Gasteiger charge is -2.08. The summed E-state index contributed by atoms with van der Waals surface area (Å²) in [6, 6.07) is 1.30. The van der Waals surface area contributed by atoms with Crippen molar-refractivity contribution >= 4 is 9.04 Å². The second-order valence-corrected chi connectivity index (χ2v) is 5.24. The summed E-state index contributed by atoms with van der Waals surface area (Å²) in [7, 11) is 1.08. The van der Waals surface area contributed by atoms with E-state index in [0.717, 1.165) is 5.92 Å². The zero-order valence-electron chi connectivity index (χ0n) is 6.27. The molecule has 8 heavy (non-hydrogen) atoms. The summed E-state index contributed by atoms with van der Waals surface area (Å²) >= 11 is 0. The average molecular weight is 132 g/mol. The molecule has 0 amide bonds. The molecule has 1 unspecified atom stereocenters. The van der Waals surface area contributed by atoms with Gasteiger partial charge in [0.2, 0.25) is 0 Å². The smallest absolute Gasteiger partial charge is 0.173 e. The molecule has 0 saturated heterocycles. The minimum Gasteiger partial charge on any atom is -0.423 e. The van der Waals surface area contributed by atoms with Crippen molar-refractivity contribution in [3.05, 3.63) is 0 Å². The molecule has 0 heterocycles. The van der Waals surface area contributed by atoms with Crippen molar-refractivity contribution < 1.29 is 4.43 Å². The molecule has 0 aliphatic heterocycles. The monoisotopic (exact) mass is 132 g/mol. The third-order valence-electron chi connectivity index (χ3n) is 1.21. The molecule has 0 fully saturated rings. The van der Waals surface area contributed by atoms with E-state index in [0.29, 0.717) is 0 Å². The van der Waals surface area contributed by atoms with Crippen molar-refractivity contribution in [2.24, 2.45) is 5.92 Å². The molecule has 0 N–H and O–H groups in total. The topological polar surface area (TPSA) is 9.23 Å². The Balaban J connectivity index is 3.10. The van der Waals surface area contributed by atoms with Crippen LogP contribution in [0, 0.1) is 5.92 Å². The maximum absolute atomic E-state index is 5.20. The molecule has 0 aliphatic carbocycles. The van der Waals surface area contributed by atoms with E-state index in [4.69, 9.17) is 4.43 Å². The van der Waals surface area contributed by atoms with E-state index in [2.05, 4.69) is 20.4 Å². The molecule has 0 aliphatic rings. The van der Waals surface area contributed by atoms with Gasteiger partial charge in [-0.1, -0.05) is 13.8 Å². The second-order valence-electron chi connectivity index (χ2n) is 2.68. The highest BCUT2D eigenvalue weighted by atomic mass is 28.3. The summed E-state index contributed by atoms with van der Waals surface area (Å²) in [6.07, 6.45) is 0. The van der Waals surface area contributed by atoms with Crippen LogP contribution in [-0.4, -0.2) is 16.2 Å². The molecule has 1 atom stereocenters. The summed E-state index contributed by atoms with van der Waals surface area (Å²) in [5.41, 5.74) is 0. The molecular formula is C6H16OSi. The van der Waals surface area contributed by atoms with Gasteiger partial charge in [-0.25, -0.2) is 0 Å². The molecule has 0 aromatic rings. The zero-order chi connectivity index (χ0) is 6.57. The van der Waals surface area contributed by atoms with Gasteiger partial charge in [0.05, 0.1) is 0 Å². The minimum atomic E-state index is -0.739. The van der Waals surface area contributed by atoms with Gasteiger partial charge in [0.25, 0.3) is 0 Å². The normalized spacial score (nSPS) is 14.6. The van der Waals surface area contributed by atoms with Gasteiger partial charge in [0, 0.05) is 7.11 Å². The van der Waals surface area contributed by atoms with Gasteiger partial charge in [0.1, 0.15) is 0 Å². The van der Waals surface area contributed by atoms with Crippen LogP contribution < -0.4 is 0 Å². The van der Waals surface area contributed by atoms with Crippen LogP contribution in [0.15, 0.2) is 0 Å². The predicted octanol–water partition coefficient (Wildman–Crippen LogP) is 1.64. The van der Waals surface area contributed by atoms with E-state index in [1.807, 2.05) is 7.11 Å². The van der Waals surface area contributed by atoms with Gasteiger partial charge in [-0.3, -0.25) is 0 Å². The highest BCUT2D eigenvalue weighted by Gasteiger charge is 2.03. The van der Waals surface area contributed by atoms with Gasteiger partial charge in [-0.15, -0.1) is 0 Å². The van der Waals surface area contributed by atoms with E-state index >= 15 is 0 Å². The quantitative estimate of drug-likeness (QED) is 0.530. The number of rotatable bonds is 3. The maximum Gasteiger partial charge on any atom is 0.173 e. The minimum absolute atomic E-state index is 0.739. The fraction of sp³-hybridized carbons (Fsp3) is 1.00. The Labute approximate surface area is 53.8 Å². The van der Waals surface area contributed by atoms with Crippen LogP contribution in [0.4, 0.5) is 0 Å². The highest BCUT2D eigenvalue weighted by Crippen LogP contribution is 2.04. The third-order valence-corrected chi connectivity index (χ3v) is 3.62. The summed E-state index contributed by atoms with van der Waals surface area (Å²) in [5, 5.41) is 0. The van der Waals surface area contributed by atoms with Crippen LogP contribution >= 0.6 is 0 Å². The van der Waals surface area contributed by atoms with E-state index in [1.165, 1.54) is 6.04 Å². The standard InChI is InChI=1S/C6H16OSi/c1-6(2)5-8(4)7-3/h6,8H,5H2,1-4H3. The van der Waals surface area contributed by atoms with Crippen LogP contribution in [0.2, 0.25) is 12.6 Å². The van der Waals surface area contributed by atoms with Crippen LogP contribution in [0.5, 0.6) is 0 Å². The average Bonchev–Trinajstić information content (AvgIpc) is 1.65. The van der Waals surface area contributed by atoms with E-state index in [9.17, 15) is 0 Å². The fourth-order valence-electron chi connectivity index (χ4n) is 0.760. The van der Waals surface area contributed by atoms with Crippen LogP contribution in [-0.2, 0) is 4.43 Å². The molecule has 0 aromatic heterocycles. The predicted molar refractivity (Wildman–Crippen MR) is 39.7 cm³/mol. The summed E-state index contributed by atoms with van der Waals surface area (Å²) in [4.78, 5) is 0. The van der Waals surface area contributed by atoms with Gasteiger partial charge < -0.3 is 4.43 Å². The molecule has 0 saturated carbocycles. The molecule has 0 bridgehead atoms. The van der Waals surface area contributed by atoms with Gasteiger partial charge >= 0.3 is 0 Å². The Bertz CT molecular complexity index is 54.5. The van der Waals surface area contributed by atoms with Crippen molar-refractivity contribution in [2.45, 2.75) is 26.4 Å². The lowest BCUT2D eigenvalue weighted by atomic mass is 10.3. The lowest BCUT2D eigenvalue weighted by molar-refractivity contribution is 0.417. The first-order valence-corrected chi connectivity index (χ1v) is 5.64. The van der Waals surface area contributed by atoms with Gasteiger partial charge in [-0.05, 0) is 18.5 Å². The Morgan fingerprint density at radius 1 is 1.50 bits per heavy atom. The Morgan fingerprint density at radius 2 is 2.00 bits per heavy atom. The van der Waals surface area contributed by atoms with Crippen molar-refractivity contribution in [3.63, 3.8) is 0 Å². The van der Waals surface area contributed by atoms with Crippen LogP contribution in [0.3, 0.4) is 0 Å². The van der Waals surface area contributed by atoms with E-state index < -0.39 is 9.04 Å². The van der Waals surface area contributed by atoms with Crippen LogP contribution in [0.1, 0.15) is 13.8 Å².